The van der Waals surface area contributed by atoms with Crippen LogP contribution in [0.25, 0.3) is 0 Å². The Labute approximate surface area is 152 Å². The Hall–Kier alpha value is -3.27. The number of primary amides is 1. The molecule has 0 spiro atoms. The molecule has 1 fully saturated rings. The fraction of sp³-hybridized carbons (Fsp3) is 0.316. The number of nitriles is 1. The van der Waals surface area contributed by atoms with Crippen molar-refractivity contribution in [2.75, 3.05) is 10.6 Å². The van der Waals surface area contributed by atoms with Gasteiger partial charge in [-0.1, -0.05) is 19.3 Å². The Morgan fingerprint density at radius 3 is 2.54 bits per heavy atom. The van der Waals surface area contributed by atoms with Gasteiger partial charge in [-0.3, -0.25) is 0 Å². The molecule has 0 saturated heterocycles. The molecule has 4 N–H and O–H groups in total. The van der Waals surface area contributed by atoms with Crippen LogP contribution in [-0.2, 0) is 0 Å². The number of anilines is 3. The molecule has 7 heteroatoms. The summed E-state index contributed by atoms with van der Waals surface area (Å²) in [4.78, 5) is 15.3. The van der Waals surface area contributed by atoms with Crippen molar-refractivity contribution in [1.82, 2.24) is 4.98 Å². The second kappa shape index (κ2) is 8.21. The number of carbonyl (C=O) groups is 1. The second-order valence-electron chi connectivity index (χ2n) is 6.25. The van der Waals surface area contributed by atoms with Crippen molar-refractivity contribution in [1.29, 1.82) is 5.26 Å². The molecule has 1 aliphatic rings. The molecule has 1 saturated carbocycles. The van der Waals surface area contributed by atoms with Crippen LogP contribution in [0, 0.1) is 11.3 Å². The van der Waals surface area contributed by atoms with E-state index >= 15 is 0 Å². The molecule has 134 valence electrons. The van der Waals surface area contributed by atoms with Crippen LogP contribution in [0.3, 0.4) is 0 Å². The number of benzene rings is 1. The molecule has 1 aromatic heterocycles. The second-order valence-corrected chi connectivity index (χ2v) is 6.25. The van der Waals surface area contributed by atoms with Crippen LogP contribution in [0.1, 0.15) is 37.7 Å². The van der Waals surface area contributed by atoms with Crippen molar-refractivity contribution in [2.24, 2.45) is 5.73 Å². The molecule has 2 aromatic rings. The predicted octanol–water partition coefficient (Wildman–Crippen LogP) is 3.90. The van der Waals surface area contributed by atoms with E-state index in [0.717, 1.165) is 24.3 Å². The van der Waals surface area contributed by atoms with E-state index in [-0.39, 0.29) is 0 Å². The SMILES string of the molecule is N#Cc1ccc(NC2CCCCC2)nc1Nc1ccc(OC(N)=O)cc1. The number of nitrogens with two attached hydrogens (primary N) is 1. The maximum Gasteiger partial charge on any atom is 0.409 e. The first kappa shape index (κ1) is 17.5. The molecule has 1 heterocycles. The minimum Gasteiger partial charge on any atom is -0.411 e. The molecule has 0 atom stereocenters. The Kier molecular flexibility index (Phi) is 5.54. The minimum atomic E-state index is -0.861. The van der Waals surface area contributed by atoms with E-state index in [1.807, 2.05) is 6.07 Å². The van der Waals surface area contributed by atoms with Gasteiger partial charge in [0.15, 0.2) is 5.82 Å². The summed E-state index contributed by atoms with van der Waals surface area (Å²) in [5.41, 5.74) is 6.17. The van der Waals surface area contributed by atoms with E-state index in [2.05, 4.69) is 21.7 Å². The van der Waals surface area contributed by atoms with Crippen molar-refractivity contribution in [3.8, 4) is 11.8 Å². The van der Waals surface area contributed by atoms with E-state index in [1.165, 1.54) is 19.3 Å². The lowest BCUT2D eigenvalue weighted by Gasteiger charge is -2.23. The third-order valence-corrected chi connectivity index (χ3v) is 4.31. The molecule has 1 aromatic carbocycles. The van der Waals surface area contributed by atoms with Crippen LogP contribution in [0.15, 0.2) is 36.4 Å². The van der Waals surface area contributed by atoms with Gasteiger partial charge in [-0.05, 0) is 49.2 Å². The highest BCUT2D eigenvalue weighted by molar-refractivity contribution is 5.69. The Morgan fingerprint density at radius 2 is 1.88 bits per heavy atom. The van der Waals surface area contributed by atoms with Crippen LogP contribution in [0.5, 0.6) is 5.75 Å². The maximum absolute atomic E-state index is 10.8. The fourth-order valence-electron chi connectivity index (χ4n) is 3.04. The van der Waals surface area contributed by atoms with E-state index in [0.29, 0.717) is 23.2 Å². The number of amides is 1. The molecule has 1 aliphatic carbocycles. The molecular weight excluding hydrogens is 330 g/mol. The number of ether oxygens (including phenoxy) is 1. The summed E-state index contributed by atoms with van der Waals surface area (Å²) < 4.78 is 4.80. The number of hydrogen-bond acceptors (Lipinski definition) is 6. The van der Waals surface area contributed by atoms with Gasteiger partial charge >= 0.3 is 6.09 Å². The number of nitrogens with zero attached hydrogens (tertiary/aromatic N) is 2. The highest BCUT2D eigenvalue weighted by Crippen LogP contribution is 2.25. The van der Waals surface area contributed by atoms with E-state index in [9.17, 15) is 10.1 Å². The van der Waals surface area contributed by atoms with Crippen LogP contribution in [0.4, 0.5) is 22.1 Å². The highest BCUT2D eigenvalue weighted by atomic mass is 16.5. The Bertz CT molecular complexity index is 808. The summed E-state index contributed by atoms with van der Waals surface area (Å²) in [7, 11) is 0. The molecule has 7 nitrogen and oxygen atoms in total. The number of carbonyl (C=O) groups excluding carboxylic acids is 1. The number of aromatic nitrogens is 1. The summed E-state index contributed by atoms with van der Waals surface area (Å²) >= 11 is 0. The average molecular weight is 351 g/mol. The molecular formula is C19H21N5O2. The number of pyridine rings is 1. The van der Waals surface area contributed by atoms with Gasteiger partial charge in [-0.15, -0.1) is 0 Å². The Balaban J connectivity index is 1.74. The van der Waals surface area contributed by atoms with Gasteiger partial charge in [-0.2, -0.15) is 5.26 Å². The van der Waals surface area contributed by atoms with Crippen LogP contribution < -0.4 is 21.1 Å². The van der Waals surface area contributed by atoms with Crippen molar-refractivity contribution in [3.05, 3.63) is 42.0 Å². The quantitative estimate of drug-likeness (QED) is 0.753. The van der Waals surface area contributed by atoms with Gasteiger partial charge in [-0.25, -0.2) is 9.78 Å². The average Bonchev–Trinajstić information content (AvgIpc) is 2.64. The van der Waals surface area contributed by atoms with E-state index < -0.39 is 6.09 Å². The van der Waals surface area contributed by atoms with Gasteiger partial charge in [0.05, 0.1) is 5.56 Å². The van der Waals surface area contributed by atoms with Gasteiger partial charge in [0.2, 0.25) is 0 Å². The summed E-state index contributed by atoms with van der Waals surface area (Å²) in [6.45, 7) is 0. The van der Waals surface area contributed by atoms with Crippen molar-refractivity contribution >= 4 is 23.4 Å². The topological polar surface area (TPSA) is 113 Å². The first-order valence-electron chi connectivity index (χ1n) is 8.66. The predicted molar refractivity (Wildman–Crippen MR) is 99.4 cm³/mol. The van der Waals surface area contributed by atoms with Gasteiger partial charge in [0.25, 0.3) is 0 Å². The zero-order chi connectivity index (χ0) is 18.4. The first-order valence-corrected chi connectivity index (χ1v) is 8.66. The molecule has 0 bridgehead atoms. The number of hydrogen-bond donors (Lipinski definition) is 3. The maximum atomic E-state index is 10.8. The van der Waals surface area contributed by atoms with Gasteiger partial charge < -0.3 is 21.1 Å². The third kappa shape index (κ3) is 4.63. The third-order valence-electron chi connectivity index (χ3n) is 4.31. The van der Waals surface area contributed by atoms with Crippen molar-refractivity contribution in [3.63, 3.8) is 0 Å². The van der Waals surface area contributed by atoms with Crippen LogP contribution in [-0.4, -0.2) is 17.1 Å². The smallest absolute Gasteiger partial charge is 0.409 e. The monoisotopic (exact) mass is 351 g/mol. The van der Waals surface area contributed by atoms with Crippen molar-refractivity contribution < 1.29 is 9.53 Å². The minimum absolute atomic E-state index is 0.351. The molecule has 3 rings (SSSR count). The molecule has 0 radical (unpaired) electrons. The van der Waals surface area contributed by atoms with E-state index in [1.54, 1.807) is 30.3 Å². The van der Waals surface area contributed by atoms with Crippen LogP contribution in [0.2, 0.25) is 0 Å². The zero-order valence-corrected chi connectivity index (χ0v) is 14.4. The standard InChI is InChI=1S/C19H21N5O2/c20-12-13-6-11-17(22-14-4-2-1-3-5-14)24-18(13)23-15-7-9-16(10-8-15)26-19(21)25/h6-11,14H,1-5H2,(H2,21,25)(H2,22,23,24). The summed E-state index contributed by atoms with van der Waals surface area (Å²) in [6, 6.07) is 12.8. The largest absolute Gasteiger partial charge is 0.411 e. The number of nitrogens with one attached hydrogen (secondary N) is 2. The van der Waals surface area contributed by atoms with Crippen LogP contribution >= 0.6 is 0 Å². The summed E-state index contributed by atoms with van der Waals surface area (Å²) in [5.74, 6) is 1.59. The summed E-state index contributed by atoms with van der Waals surface area (Å²) in [5, 5.41) is 15.9. The lowest BCUT2D eigenvalue weighted by molar-refractivity contribution is 0.211. The first-order chi connectivity index (χ1) is 12.6. The fourth-order valence-corrected chi connectivity index (χ4v) is 3.04. The van der Waals surface area contributed by atoms with E-state index in [4.69, 9.17) is 10.5 Å². The molecule has 0 aliphatic heterocycles. The summed E-state index contributed by atoms with van der Waals surface area (Å²) in [6.07, 6.45) is 5.19. The number of rotatable bonds is 5. The molecule has 0 unspecified atom stereocenters. The van der Waals surface area contributed by atoms with Gasteiger partial charge in [0.1, 0.15) is 17.6 Å². The normalized spacial score (nSPS) is 14.3. The Morgan fingerprint density at radius 1 is 1.15 bits per heavy atom. The highest BCUT2D eigenvalue weighted by Gasteiger charge is 2.14. The van der Waals surface area contributed by atoms with Gasteiger partial charge in [0, 0.05) is 11.7 Å². The molecule has 26 heavy (non-hydrogen) atoms. The zero-order valence-electron chi connectivity index (χ0n) is 14.4. The lowest BCUT2D eigenvalue weighted by atomic mass is 9.95. The molecule has 1 amide bonds. The van der Waals surface area contributed by atoms with Crippen molar-refractivity contribution in [2.45, 2.75) is 38.1 Å². The lowest BCUT2D eigenvalue weighted by Crippen LogP contribution is -2.22.